The van der Waals surface area contributed by atoms with E-state index in [9.17, 15) is 0 Å². The van der Waals surface area contributed by atoms with Gasteiger partial charge in [-0.1, -0.05) is 12.5 Å². The maximum atomic E-state index is 5.19. The van der Waals surface area contributed by atoms with Gasteiger partial charge < -0.3 is 10.1 Å². The fourth-order valence-corrected chi connectivity index (χ4v) is 2.96. The van der Waals surface area contributed by atoms with Crippen molar-refractivity contribution in [3.8, 4) is 0 Å². The minimum Gasteiger partial charge on any atom is -0.380 e. The van der Waals surface area contributed by atoms with Crippen LogP contribution in [0.3, 0.4) is 0 Å². The second-order valence-electron chi connectivity index (χ2n) is 5.73. The average Bonchev–Trinajstić information content (AvgIpc) is 2.33. The molecule has 1 atom stereocenters. The zero-order chi connectivity index (χ0) is 12.1. The fourth-order valence-electron chi connectivity index (χ4n) is 2.96. The first kappa shape index (κ1) is 13.1. The van der Waals surface area contributed by atoms with Crippen molar-refractivity contribution < 1.29 is 4.74 Å². The van der Waals surface area contributed by atoms with Crippen LogP contribution >= 0.6 is 0 Å². The molecule has 3 heteroatoms. The molecule has 0 saturated carbocycles. The third-order valence-corrected chi connectivity index (χ3v) is 4.00. The van der Waals surface area contributed by atoms with E-state index in [-0.39, 0.29) is 0 Å². The third-order valence-electron chi connectivity index (χ3n) is 4.00. The molecule has 0 aromatic carbocycles. The topological polar surface area (TPSA) is 24.5 Å². The van der Waals surface area contributed by atoms with Crippen molar-refractivity contribution >= 4 is 0 Å². The van der Waals surface area contributed by atoms with Crippen LogP contribution in [0.1, 0.15) is 32.6 Å². The Balaban J connectivity index is 1.81. The summed E-state index contributed by atoms with van der Waals surface area (Å²) in [6, 6.07) is 0. The van der Waals surface area contributed by atoms with E-state index in [1.807, 2.05) is 0 Å². The maximum Gasteiger partial charge on any atom is 0.0673 e. The molecule has 98 valence electrons. The number of hydrogen-bond donors (Lipinski definition) is 1. The van der Waals surface area contributed by atoms with Gasteiger partial charge in [-0.3, -0.25) is 4.90 Å². The first-order chi connectivity index (χ1) is 8.22. The Bertz CT molecular complexity index is 269. The lowest BCUT2D eigenvalue weighted by Crippen LogP contribution is -2.54. The number of hydrogen-bond acceptors (Lipinski definition) is 3. The van der Waals surface area contributed by atoms with E-state index in [1.165, 1.54) is 50.9 Å². The smallest absolute Gasteiger partial charge is 0.0673 e. The highest BCUT2D eigenvalue weighted by Gasteiger charge is 2.28. The second kappa shape index (κ2) is 5.98. The van der Waals surface area contributed by atoms with Gasteiger partial charge >= 0.3 is 0 Å². The summed E-state index contributed by atoms with van der Waals surface area (Å²) in [6.45, 7) is 7.84. The zero-order valence-electron chi connectivity index (χ0n) is 11.3. The lowest BCUT2D eigenvalue weighted by Gasteiger charge is -2.40. The van der Waals surface area contributed by atoms with Gasteiger partial charge in [0.1, 0.15) is 0 Å². The van der Waals surface area contributed by atoms with Crippen LogP contribution in [-0.2, 0) is 4.74 Å². The van der Waals surface area contributed by atoms with E-state index in [4.69, 9.17) is 4.74 Å². The SMILES string of the molecule is COCC1=CCN(CC2(C)CCCCN2)CC1. The molecule has 1 fully saturated rings. The van der Waals surface area contributed by atoms with Gasteiger partial charge in [0, 0.05) is 32.3 Å². The second-order valence-corrected chi connectivity index (χ2v) is 5.73. The molecule has 3 nitrogen and oxygen atoms in total. The van der Waals surface area contributed by atoms with Crippen LogP contribution in [-0.4, -0.2) is 50.3 Å². The van der Waals surface area contributed by atoms with Crippen molar-refractivity contribution in [1.82, 2.24) is 10.2 Å². The van der Waals surface area contributed by atoms with Gasteiger partial charge in [0.2, 0.25) is 0 Å². The summed E-state index contributed by atoms with van der Waals surface area (Å²) in [5, 5.41) is 3.69. The molecule has 0 amide bonds. The average molecular weight is 238 g/mol. The summed E-state index contributed by atoms with van der Waals surface area (Å²) in [5.74, 6) is 0. The first-order valence-electron chi connectivity index (χ1n) is 6.86. The molecule has 17 heavy (non-hydrogen) atoms. The molecule has 1 saturated heterocycles. The van der Waals surface area contributed by atoms with Crippen molar-refractivity contribution in [3.05, 3.63) is 11.6 Å². The molecular formula is C14H26N2O. The molecule has 0 radical (unpaired) electrons. The van der Waals surface area contributed by atoms with Crippen LogP contribution in [0.25, 0.3) is 0 Å². The Morgan fingerprint density at radius 3 is 2.94 bits per heavy atom. The molecule has 2 rings (SSSR count). The molecule has 0 bridgehead atoms. The number of rotatable bonds is 4. The van der Waals surface area contributed by atoms with E-state index in [0.29, 0.717) is 5.54 Å². The number of piperidine rings is 1. The molecule has 0 aliphatic carbocycles. The van der Waals surface area contributed by atoms with Crippen molar-refractivity contribution in [2.45, 2.75) is 38.1 Å². The van der Waals surface area contributed by atoms with E-state index < -0.39 is 0 Å². The van der Waals surface area contributed by atoms with Crippen molar-refractivity contribution in [3.63, 3.8) is 0 Å². The molecule has 2 heterocycles. The van der Waals surface area contributed by atoms with Crippen molar-refractivity contribution in [2.24, 2.45) is 0 Å². The van der Waals surface area contributed by atoms with Crippen LogP contribution in [0.5, 0.6) is 0 Å². The van der Waals surface area contributed by atoms with Crippen LogP contribution in [0.4, 0.5) is 0 Å². The lowest BCUT2D eigenvalue weighted by molar-refractivity contribution is 0.164. The minimum atomic E-state index is 0.338. The number of nitrogens with one attached hydrogen (secondary N) is 1. The van der Waals surface area contributed by atoms with Crippen molar-refractivity contribution in [1.29, 1.82) is 0 Å². The molecule has 1 unspecified atom stereocenters. The normalized spacial score (nSPS) is 31.3. The summed E-state index contributed by atoms with van der Waals surface area (Å²) in [6.07, 6.45) is 7.55. The highest BCUT2D eigenvalue weighted by Crippen LogP contribution is 2.21. The molecule has 0 aromatic heterocycles. The highest BCUT2D eigenvalue weighted by molar-refractivity contribution is 5.08. The summed E-state index contributed by atoms with van der Waals surface area (Å²) < 4.78 is 5.19. The molecule has 2 aliphatic heterocycles. The first-order valence-corrected chi connectivity index (χ1v) is 6.86. The van der Waals surface area contributed by atoms with Gasteiger partial charge in [0.15, 0.2) is 0 Å². The summed E-state index contributed by atoms with van der Waals surface area (Å²) in [7, 11) is 1.78. The molecule has 2 aliphatic rings. The zero-order valence-corrected chi connectivity index (χ0v) is 11.3. The number of nitrogens with zero attached hydrogens (tertiary/aromatic N) is 1. The van der Waals surface area contributed by atoms with Crippen LogP contribution in [0.2, 0.25) is 0 Å². The Morgan fingerprint density at radius 1 is 1.47 bits per heavy atom. The van der Waals surface area contributed by atoms with E-state index in [0.717, 1.165) is 13.2 Å². The van der Waals surface area contributed by atoms with Gasteiger partial charge in [0.25, 0.3) is 0 Å². The maximum absolute atomic E-state index is 5.19. The lowest BCUT2D eigenvalue weighted by atomic mass is 9.90. The molecule has 1 N–H and O–H groups in total. The van der Waals surface area contributed by atoms with E-state index >= 15 is 0 Å². The van der Waals surface area contributed by atoms with Crippen LogP contribution in [0.15, 0.2) is 11.6 Å². The Labute approximate surface area is 105 Å². The predicted molar refractivity (Wildman–Crippen MR) is 71.3 cm³/mol. The quantitative estimate of drug-likeness (QED) is 0.756. The summed E-state index contributed by atoms with van der Waals surface area (Å²) >= 11 is 0. The Kier molecular flexibility index (Phi) is 4.60. The van der Waals surface area contributed by atoms with Gasteiger partial charge in [-0.15, -0.1) is 0 Å². The molecular weight excluding hydrogens is 212 g/mol. The molecule has 0 aromatic rings. The van der Waals surface area contributed by atoms with Gasteiger partial charge in [-0.2, -0.15) is 0 Å². The standard InChI is InChI=1S/C14H26N2O/c1-14(7-3-4-8-15-14)12-16-9-5-13(6-10-16)11-17-2/h5,15H,3-4,6-12H2,1-2H3. The van der Waals surface area contributed by atoms with Crippen LogP contribution in [0, 0.1) is 0 Å². The Hall–Kier alpha value is -0.380. The van der Waals surface area contributed by atoms with Crippen LogP contribution < -0.4 is 5.32 Å². The third kappa shape index (κ3) is 3.80. The summed E-state index contributed by atoms with van der Waals surface area (Å²) in [4.78, 5) is 2.57. The number of ether oxygens (including phenoxy) is 1. The minimum absolute atomic E-state index is 0.338. The van der Waals surface area contributed by atoms with E-state index in [1.54, 1.807) is 7.11 Å². The van der Waals surface area contributed by atoms with Gasteiger partial charge in [0.05, 0.1) is 6.61 Å². The predicted octanol–water partition coefficient (Wildman–Crippen LogP) is 1.80. The van der Waals surface area contributed by atoms with Gasteiger partial charge in [-0.05, 0) is 38.3 Å². The molecule has 0 spiro atoms. The Morgan fingerprint density at radius 2 is 2.35 bits per heavy atom. The van der Waals surface area contributed by atoms with E-state index in [2.05, 4.69) is 23.2 Å². The van der Waals surface area contributed by atoms with Crippen molar-refractivity contribution in [2.75, 3.05) is 39.9 Å². The largest absolute Gasteiger partial charge is 0.380 e. The summed E-state index contributed by atoms with van der Waals surface area (Å²) in [5.41, 5.74) is 1.80. The fraction of sp³-hybridized carbons (Fsp3) is 0.857. The monoisotopic (exact) mass is 238 g/mol. The highest BCUT2D eigenvalue weighted by atomic mass is 16.5. The number of methoxy groups -OCH3 is 1. The van der Waals surface area contributed by atoms with Gasteiger partial charge in [-0.25, -0.2) is 0 Å².